The van der Waals surface area contributed by atoms with Crippen LogP contribution >= 0.6 is 11.3 Å². The Morgan fingerprint density at radius 1 is 1.27 bits per heavy atom. The molecular formula is C19H28N4O2S. The lowest BCUT2D eigenvalue weighted by Crippen LogP contribution is -2.38. The van der Waals surface area contributed by atoms with Crippen LogP contribution in [0.5, 0.6) is 11.5 Å². The van der Waals surface area contributed by atoms with Gasteiger partial charge in [0.15, 0.2) is 5.96 Å². The van der Waals surface area contributed by atoms with Crippen molar-refractivity contribution in [2.45, 2.75) is 26.8 Å². The molecule has 7 heteroatoms. The van der Waals surface area contributed by atoms with E-state index in [1.54, 1.807) is 18.4 Å². The molecule has 0 aliphatic heterocycles. The van der Waals surface area contributed by atoms with E-state index in [-0.39, 0.29) is 0 Å². The van der Waals surface area contributed by atoms with Crippen LogP contribution in [0.25, 0.3) is 0 Å². The predicted molar refractivity (Wildman–Crippen MR) is 107 cm³/mol. The first kappa shape index (κ1) is 20.0. The van der Waals surface area contributed by atoms with E-state index in [0.29, 0.717) is 13.2 Å². The monoisotopic (exact) mass is 376 g/mol. The minimum Gasteiger partial charge on any atom is -0.497 e. The van der Waals surface area contributed by atoms with Crippen molar-refractivity contribution in [3.63, 3.8) is 0 Å². The molecular weight excluding hydrogens is 348 g/mol. The fraction of sp³-hybridized carbons (Fsp3) is 0.474. The molecule has 0 spiro atoms. The number of hydrogen-bond donors (Lipinski definition) is 1. The molecule has 0 aliphatic rings. The summed E-state index contributed by atoms with van der Waals surface area (Å²) in [5.74, 6) is 2.57. The highest BCUT2D eigenvalue weighted by Gasteiger charge is 2.08. The van der Waals surface area contributed by atoms with Crippen LogP contribution in [0.4, 0.5) is 0 Å². The van der Waals surface area contributed by atoms with Crippen LogP contribution in [0.2, 0.25) is 0 Å². The molecule has 6 nitrogen and oxygen atoms in total. The number of ether oxygens (including phenoxy) is 2. The highest BCUT2D eigenvalue weighted by Crippen LogP contribution is 2.17. The van der Waals surface area contributed by atoms with Crippen LogP contribution in [0.15, 0.2) is 34.6 Å². The standard InChI is InChI=1S/C19H28N4O2S/c1-5-20-19(23(3)13-16-14-26-15(2)22-16)21-11-6-12-25-18-9-7-17(24-4)8-10-18/h7-10,14H,5-6,11-13H2,1-4H3,(H,20,21). The van der Waals surface area contributed by atoms with E-state index in [9.17, 15) is 0 Å². The zero-order valence-corrected chi connectivity index (χ0v) is 16.8. The molecule has 0 radical (unpaired) electrons. The van der Waals surface area contributed by atoms with Crippen LogP contribution in [0.3, 0.4) is 0 Å². The van der Waals surface area contributed by atoms with Crippen LogP contribution in [-0.4, -0.2) is 49.7 Å². The van der Waals surface area contributed by atoms with E-state index in [0.717, 1.165) is 47.7 Å². The van der Waals surface area contributed by atoms with E-state index < -0.39 is 0 Å². The van der Waals surface area contributed by atoms with Gasteiger partial charge in [-0.3, -0.25) is 4.99 Å². The second-order valence-corrected chi connectivity index (χ2v) is 6.89. The number of rotatable bonds is 9. The average Bonchev–Trinajstić information content (AvgIpc) is 3.05. The number of thiazole rings is 1. The average molecular weight is 377 g/mol. The molecule has 1 heterocycles. The first-order valence-electron chi connectivity index (χ1n) is 8.79. The third-order valence-electron chi connectivity index (χ3n) is 3.65. The van der Waals surface area contributed by atoms with E-state index in [1.807, 2.05) is 38.2 Å². The maximum atomic E-state index is 5.74. The zero-order valence-electron chi connectivity index (χ0n) is 16.0. The Bertz CT molecular complexity index is 685. The lowest BCUT2D eigenvalue weighted by atomic mass is 10.3. The van der Waals surface area contributed by atoms with Crippen molar-refractivity contribution < 1.29 is 9.47 Å². The molecule has 2 rings (SSSR count). The SMILES string of the molecule is CCNC(=NCCCOc1ccc(OC)cc1)N(C)Cc1csc(C)n1. The molecule has 0 saturated heterocycles. The third-order valence-corrected chi connectivity index (χ3v) is 4.48. The minimum absolute atomic E-state index is 0.629. The molecule has 0 fully saturated rings. The van der Waals surface area contributed by atoms with Crippen molar-refractivity contribution in [3.8, 4) is 11.5 Å². The number of benzene rings is 1. The number of aromatic nitrogens is 1. The van der Waals surface area contributed by atoms with Gasteiger partial charge < -0.3 is 19.7 Å². The number of methoxy groups -OCH3 is 1. The minimum atomic E-state index is 0.629. The molecule has 0 aliphatic carbocycles. The summed E-state index contributed by atoms with van der Waals surface area (Å²) < 4.78 is 10.9. The number of aryl methyl sites for hydroxylation is 1. The first-order chi connectivity index (χ1) is 12.6. The van der Waals surface area contributed by atoms with Crippen molar-refractivity contribution >= 4 is 17.3 Å². The van der Waals surface area contributed by atoms with Gasteiger partial charge in [0.25, 0.3) is 0 Å². The lowest BCUT2D eigenvalue weighted by molar-refractivity contribution is 0.312. The van der Waals surface area contributed by atoms with Gasteiger partial charge in [-0.15, -0.1) is 11.3 Å². The Morgan fingerprint density at radius 3 is 2.62 bits per heavy atom. The maximum absolute atomic E-state index is 5.74. The summed E-state index contributed by atoms with van der Waals surface area (Å²) in [6.07, 6.45) is 0.852. The number of nitrogens with zero attached hydrogens (tertiary/aromatic N) is 3. The van der Waals surface area contributed by atoms with Gasteiger partial charge >= 0.3 is 0 Å². The summed E-state index contributed by atoms with van der Waals surface area (Å²) >= 11 is 1.67. The topological polar surface area (TPSA) is 59.0 Å². The van der Waals surface area contributed by atoms with Crippen molar-refractivity contribution in [2.24, 2.45) is 4.99 Å². The number of guanidine groups is 1. The number of nitrogens with one attached hydrogen (secondary N) is 1. The van der Waals surface area contributed by atoms with Gasteiger partial charge in [0.2, 0.25) is 0 Å². The molecule has 0 atom stereocenters. The van der Waals surface area contributed by atoms with Gasteiger partial charge in [0, 0.05) is 31.9 Å². The molecule has 2 aromatic rings. The highest BCUT2D eigenvalue weighted by atomic mass is 32.1. The summed E-state index contributed by atoms with van der Waals surface area (Å²) in [6, 6.07) is 7.61. The first-order valence-corrected chi connectivity index (χ1v) is 9.67. The fourth-order valence-corrected chi connectivity index (χ4v) is 2.98. The van der Waals surface area contributed by atoms with Gasteiger partial charge in [-0.05, 0) is 38.1 Å². The predicted octanol–water partition coefficient (Wildman–Crippen LogP) is 3.33. The van der Waals surface area contributed by atoms with Gasteiger partial charge in [-0.2, -0.15) is 0 Å². The van der Waals surface area contributed by atoms with Crippen molar-refractivity contribution in [1.29, 1.82) is 0 Å². The van der Waals surface area contributed by atoms with Gasteiger partial charge in [-0.25, -0.2) is 4.98 Å². The molecule has 0 saturated carbocycles. The Balaban J connectivity index is 1.78. The van der Waals surface area contributed by atoms with Crippen LogP contribution in [0, 0.1) is 6.92 Å². The molecule has 0 bridgehead atoms. The highest BCUT2D eigenvalue weighted by molar-refractivity contribution is 7.09. The maximum Gasteiger partial charge on any atom is 0.194 e. The van der Waals surface area contributed by atoms with Crippen LogP contribution in [-0.2, 0) is 6.54 Å². The Labute approximate surface area is 159 Å². The lowest BCUT2D eigenvalue weighted by Gasteiger charge is -2.21. The smallest absolute Gasteiger partial charge is 0.194 e. The molecule has 0 unspecified atom stereocenters. The summed E-state index contributed by atoms with van der Waals surface area (Å²) in [5, 5.41) is 6.51. The molecule has 26 heavy (non-hydrogen) atoms. The quantitative estimate of drug-likeness (QED) is 0.413. The van der Waals surface area contributed by atoms with E-state index in [4.69, 9.17) is 9.47 Å². The Morgan fingerprint density at radius 2 is 2.00 bits per heavy atom. The number of aliphatic imine (C=N–C) groups is 1. The van der Waals surface area contributed by atoms with Crippen molar-refractivity contribution in [1.82, 2.24) is 15.2 Å². The van der Waals surface area contributed by atoms with E-state index >= 15 is 0 Å². The zero-order chi connectivity index (χ0) is 18.8. The number of hydrogen-bond acceptors (Lipinski definition) is 5. The fourth-order valence-electron chi connectivity index (χ4n) is 2.38. The summed E-state index contributed by atoms with van der Waals surface area (Å²) in [5.41, 5.74) is 1.07. The molecule has 142 valence electrons. The summed E-state index contributed by atoms with van der Waals surface area (Å²) in [6.45, 7) is 7.02. The van der Waals surface area contributed by atoms with Gasteiger partial charge in [0.1, 0.15) is 11.5 Å². The molecule has 1 aromatic carbocycles. The van der Waals surface area contributed by atoms with Crippen molar-refractivity contribution in [3.05, 3.63) is 40.3 Å². The van der Waals surface area contributed by atoms with Crippen LogP contribution in [0.1, 0.15) is 24.0 Å². The Hall–Kier alpha value is -2.28. The third kappa shape index (κ3) is 6.55. The molecule has 0 amide bonds. The second-order valence-electron chi connectivity index (χ2n) is 5.83. The van der Waals surface area contributed by atoms with E-state index in [1.165, 1.54) is 0 Å². The molecule has 1 aromatic heterocycles. The summed E-state index contributed by atoms with van der Waals surface area (Å²) in [7, 11) is 3.69. The largest absolute Gasteiger partial charge is 0.497 e. The second kappa shape index (κ2) is 10.7. The van der Waals surface area contributed by atoms with Crippen molar-refractivity contribution in [2.75, 3.05) is 33.9 Å². The Kier molecular flexibility index (Phi) is 8.21. The van der Waals surface area contributed by atoms with Gasteiger partial charge in [-0.1, -0.05) is 0 Å². The van der Waals surface area contributed by atoms with Gasteiger partial charge in [0.05, 0.1) is 31.0 Å². The van der Waals surface area contributed by atoms with E-state index in [2.05, 4.69) is 32.5 Å². The van der Waals surface area contributed by atoms with Crippen LogP contribution < -0.4 is 14.8 Å². The normalized spacial score (nSPS) is 11.3. The summed E-state index contributed by atoms with van der Waals surface area (Å²) in [4.78, 5) is 11.3. The molecule has 1 N–H and O–H groups in total.